The molecule has 2 aromatic rings. The molecule has 0 bridgehead atoms. The van der Waals surface area contributed by atoms with Crippen LogP contribution in [0.15, 0.2) is 40.9 Å². The van der Waals surface area contributed by atoms with Crippen molar-refractivity contribution in [1.82, 2.24) is 0 Å². The average Bonchev–Trinajstić information content (AvgIpc) is 2.39. The lowest BCUT2D eigenvalue weighted by molar-refractivity contribution is 0.410. The number of halogens is 3. The lowest BCUT2D eigenvalue weighted by Gasteiger charge is -2.13. The van der Waals surface area contributed by atoms with Crippen LogP contribution in [0.1, 0.15) is 5.56 Å². The van der Waals surface area contributed by atoms with E-state index in [1.54, 1.807) is 19.2 Å². The van der Waals surface area contributed by atoms with Crippen LogP contribution in [0.5, 0.6) is 5.75 Å². The maximum atomic E-state index is 13.0. The minimum atomic E-state index is -0.284. The van der Waals surface area contributed by atoms with Gasteiger partial charge >= 0.3 is 0 Å². The maximum Gasteiger partial charge on any atom is 0.125 e. The molecule has 19 heavy (non-hydrogen) atoms. The number of nitrogens with one attached hydrogen (secondary N) is 1. The summed E-state index contributed by atoms with van der Waals surface area (Å²) < 4.78 is 18.9. The normalized spacial score (nSPS) is 10.3. The van der Waals surface area contributed by atoms with Gasteiger partial charge in [0.05, 0.1) is 7.11 Å². The highest BCUT2D eigenvalue weighted by molar-refractivity contribution is 9.10. The summed E-state index contributed by atoms with van der Waals surface area (Å²) in [6.45, 7) is 0.493. The van der Waals surface area contributed by atoms with Crippen molar-refractivity contribution < 1.29 is 9.13 Å². The Balaban J connectivity index is 2.19. The van der Waals surface area contributed by atoms with Gasteiger partial charge in [-0.1, -0.05) is 17.7 Å². The third-order valence-corrected chi connectivity index (χ3v) is 3.69. The van der Waals surface area contributed by atoms with Crippen molar-refractivity contribution in [3.63, 3.8) is 0 Å². The molecule has 0 unspecified atom stereocenters. The molecule has 0 aliphatic carbocycles. The number of ether oxygens (including phenoxy) is 1. The zero-order valence-corrected chi connectivity index (χ0v) is 12.6. The summed E-state index contributed by atoms with van der Waals surface area (Å²) in [5, 5.41) is 3.82. The van der Waals surface area contributed by atoms with E-state index in [9.17, 15) is 4.39 Å². The van der Waals surface area contributed by atoms with Crippen LogP contribution in [-0.4, -0.2) is 7.11 Å². The molecule has 0 fully saturated rings. The molecule has 1 N–H and O–H groups in total. The van der Waals surface area contributed by atoms with Crippen LogP contribution >= 0.6 is 27.5 Å². The fourth-order valence-electron chi connectivity index (χ4n) is 1.72. The van der Waals surface area contributed by atoms with Gasteiger partial charge in [0.25, 0.3) is 0 Å². The van der Waals surface area contributed by atoms with Gasteiger partial charge in [-0.15, -0.1) is 0 Å². The lowest BCUT2D eigenvalue weighted by Crippen LogP contribution is -2.03. The Hall–Kier alpha value is -1.26. The van der Waals surface area contributed by atoms with Crippen molar-refractivity contribution >= 4 is 33.2 Å². The summed E-state index contributed by atoms with van der Waals surface area (Å²) in [6, 6.07) is 9.97. The predicted octanol–water partition coefficient (Wildman–Crippen LogP) is 4.86. The van der Waals surface area contributed by atoms with Crippen LogP contribution < -0.4 is 10.1 Å². The molecule has 0 radical (unpaired) electrons. The molecule has 0 amide bonds. The summed E-state index contributed by atoms with van der Waals surface area (Å²) in [5.41, 5.74) is 1.66. The minimum absolute atomic E-state index is 0.284. The van der Waals surface area contributed by atoms with Crippen LogP contribution in [0.2, 0.25) is 5.02 Å². The van der Waals surface area contributed by atoms with Crippen molar-refractivity contribution in [2.24, 2.45) is 0 Å². The summed E-state index contributed by atoms with van der Waals surface area (Å²) in [7, 11) is 1.60. The Morgan fingerprint density at radius 3 is 2.79 bits per heavy atom. The molecular weight excluding hydrogens is 333 g/mol. The minimum Gasteiger partial charge on any atom is -0.496 e. The van der Waals surface area contributed by atoms with Gasteiger partial charge < -0.3 is 10.1 Å². The number of anilines is 1. The van der Waals surface area contributed by atoms with E-state index in [-0.39, 0.29) is 5.82 Å². The molecule has 0 aromatic heterocycles. The Morgan fingerprint density at radius 1 is 1.32 bits per heavy atom. The second kappa shape index (κ2) is 6.26. The van der Waals surface area contributed by atoms with Gasteiger partial charge in [-0.3, -0.25) is 0 Å². The van der Waals surface area contributed by atoms with Crippen molar-refractivity contribution in [3.05, 3.63) is 57.3 Å². The van der Waals surface area contributed by atoms with Gasteiger partial charge in [-0.05, 0) is 46.3 Å². The summed E-state index contributed by atoms with van der Waals surface area (Å²) >= 11 is 9.46. The third-order valence-electron chi connectivity index (χ3n) is 2.68. The molecule has 2 aromatic carbocycles. The Morgan fingerprint density at radius 2 is 2.11 bits per heavy atom. The van der Waals surface area contributed by atoms with Gasteiger partial charge in [0.2, 0.25) is 0 Å². The highest BCUT2D eigenvalue weighted by Crippen LogP contribution is 2.29. The number of hydrogen-bond acceptors (Lipinski definition) is 2. The SMILES string of the molecule is COc1cccc(Cl)c1CNc1ccc(F)cc1Br. The molecule has 0 saturated carbocycles. The number of rotatable bonds is 4. The summed E-state index contributed by atoms with van der Waals surface area (Å²) in [4.78, 5) is 0. The standard InChI is InChI=1S/C14H12BrClFNO/c1-19-14-4-2-3-12(16)10(14)8-18-13-6-5-9(17)7-11(13)15/h2-7,18H,8H2,1H3. The van der Waals surface area contributed by atoms with E-state index in [0.29, 0.717) is 16.0 Å². The second-order valence-electron chi connectivity index (χ2n) is 3.90. The Bertz CT molecular complexity index is 592. The van der Waals surface area contributed by atoms with E-state index in [1.165, 1.54) is 12.1 Å². The van der Waals surface area contributed by atoms with Crippen molar-refractivity contribution in [2.75, 3.05) is 12.4 Å². The van der Waals surface area contributed by atoms with E-state index in [4.69, 9.17) is 16.3 Å². The Kier molecular flexibility index (Phi) is 4.66. The fourth-order valence-corrected chi connectivity index (χ4v) is 2.44. The first-order chi connectivity index (χ1) is 9.11. The van der Waals surface area contributed by atoms with E-state index < -0.39 is 0 Å². The molecule has 0 aliphatic heterocycles. The lowest BCUT2D eigenvalue weighted by atomic mass is 10.2. The zero-order chi connectivity index (χ0) is 13.8. The number of hydrogen-bond donors (Lipinski definition) is 1. The molecule has 0 aliphatic rings. The first kappa shape index (κ1) is 14.2. The number of benzene rings is 2. The first-order valence-corrected chi connectivity index (χ1v) is 6.79. The van der Waals surface area contributed by atoms with E-state index in [2.05, 4.69) is 21.2 Å². The van der Waals surface area contributed by atoms with Gasteiger partial charge in [0.1, 0.15) is 11.6 Å². The molecule has 0 spiro atoms. The van der Waals surface area contributed by atoms with Gasteiger partial charge in [-0.2, -0.15) is 0 Å². The van der Waals surface area contributed by atoms with Gasteiger partial charge in [0.15, 0.2) is 0 Å². The monoisotopic (exact) mass is 343 g/mol. The van der Waals surface area contributed by atoms with Crippen molar-refractivity contribution in [3.8, 4) is 5.75 Å². The van der Waals surface area contributed by atoms with Crippen LogP contribution in [-0.2, 0) is 6.54 Å². The second-order valence-corrected chi connectivity index (χ2v) is 5.16. The van der Waals surface area contributed by atoms with Crippen LogP contribution in [0.25, 0.3) is 0 Å². The van der Waals surface area contributed by atoms with Crippen molar-refractivity contribution in [2.45, 2.75) is 6.54 Å². The smallest absolute Gasteiger partial charge is 0.125 e. The molecule has 2 rings (SSSR count). The van der Waals surface area contributed by atoms with Crippen LogP contribution in [0.3, 0.4) is 0 Å². The van der Waals surface area contributed by atoms with Crippen LogP contribution in [0, 0.1) is 5.82 Å². The van der Waals surface area contributed by atoms with E-state index >= 15 is 0 Å². The molecule has 100 valence electrons. The van der Waals surface area contributed by atoms with Gasteiger partial charge in [0, 0.05) is 27.3 Å². The summed E-state index contributed by atoms with van der Waals surface area (Å²) in [6.07, 6.45) is 0. The fraction of sp³-hybridized carbons (Fsp3) is 0.143. The number of methoxy groups -OCH3 is 1. The average molecular weight is 345 g/mol. The molecule has 0 saturated heterocycles. The third kappa shape index (κ3) is 3.39. The maximum absolute atomic E-state index is 13.0. The highest BCUT2D eigenvalue weighted by atomic mass is 79.9. The van der Waals surface area contributed by atoms with E-state index in [1.807, 2.05) is 12.1 Å². The first-order valence-electron chi connectivity index (χ1n) is 5.62. The topological polar surface area (TPSA) is 21.3 Å². The predicted molar refractivity (Wildman–Crippen MR) is 79.4 cm³/mol. The molecular formula is C14H12BrClFNO. The quantitative estimate of drug-likeness (QED) is 0.855. The van der Waals surface area contributed by atoms with Gasteiger partial charge in [-0.25, -0.2) is 4.39 Å². The highest BCUT2D eigenvalue weighted by Gasteiger charge is 2.08. The summed E-state index contributed by atoms with van der Waals surface area (Å²) in [5.74, 6) is 0.436. The Labute approximate surface area is 124 Å². The van der Waals surface area contributed by atoms with Crippen LogP contribution in [0.4, 0.5) is 10.1 Å². The molecule has 0 heterocycles. The van der Waals surface area contributed by atoms with Crippen molar-refractivity contribution in [1.29, 1.82) is 0 Å². The molecule has 0 atom stereocenters. The molecule has 5 heteroatoms. The zero-order valence-electron chi connectivity index (χ0n) is 10.2. The molecule has 2 nitrogen and oxygen atoms in total. The largest absolute Gasteiger partial charge is 0.496 e. The van der Waals surface area contributed by atoms with E-state index in [0.717, 1.165) is 17.0 Å².